The first-order valence-corrected chi connectivity index (χ1v) is 9.69. The van der Waals surface area contributed by atoms with Crippen molar-refractivity contribution in [1.29, 1.82) is 0 Å². The van der Waals surface area contributed by atoms with Crippen molar-refractivity contribution >= 4 is 18.1 Å². The van der Waals surface area contributed by atoms with E-state index in [9.17, 15) is 9.59 Å². The largest absolute Gasteiger partial charge is 0.490 e. The summed E-state index contributed by atoms with van der Waals surface area (Å²) < 4.78 is 16.3. The molecule has 31 heavy (non-hydrogen) atoms. The van der Waals surface area contributed by atoms with Gasteiger partial charge >= 0.3 is 5.97 Å². The van der Waals surface area contributed by atoms with Crippen LogP contribution in [0.4, 0.5) is 0 Å². The van der Waals surface area contributed by atoms with E-state index in [1.807, 2.05) is 19.1 Å². The van der Waals surface area contributed by atoms with Crippen LogP contribution in [-0.2, 0) is 4.79 Å². The first kappa shape index (κ1) is 21.6. The molecule has 0 aliphatic rings. The Balaban J connectivity index is 1.46. The normalized spacial score (nSPS) is 10.5. The maximum absolute atomic E-state index is 12.1. The summed E-state index contributed by atoms with van der Waals surface area (Å²) in [7, 11) is 0. The molecule has 0 aromatic heterocycles. The van der Waals surface area contributed by atoms with Crippen molar-refractivity contribution in [1.82, 2.24) is 5.43 Å². The van der Waals surface area contributed by atoms with Crippen molar-refractivity contribution < 1.29 is 23.8 Å². The number of benzene rings is 3. The van der Waals surface area contributed by atoms with E-state index in [4.69, 9.17) is 14.2 Å². The standard InChI is InChI=1S/C24H22N2O5/c1-2-29-21-10-6-7-11-22(21)30-17-23(27)26-25-16-18-12-14-20(15-13-18)31-24(28)19-8-4-3-5-9-19/h3-16H,2,17H2,1H3,(H,26,27)/b25-16+. The van der Waals surface area contributed by atoms with Crippen LogP contribution < -0.4 is 19.6 Å². The minimum Gasteiger partial charge on any atom is -0.490 e. The molecule has 7 heteroatoms. The number of nitrogens with one attached hydrogen (secondary N) is 1. The van der Waals surface area contributed by atoms with Crippen molar-refractivity contribution in [3.05, 3.63) is 90.0 Å². The molecule has 0 unspecified atom stereocenters. The maximum Gasteiger partial charge on any atom is 0.343 e. The average molecular weight is 418 g/mol. The SMILES string of the molecule is CCOc1ccccc1OCC(=O)N/N=C/c1ccc(OC(=O)c2ccccc2)cc1. The summed E-state index contributed by atoms with van der Waals surface area (Å²) in [4.78, 5) is 24.0. The van der Waals surface area contributed by atoms with Gasteiger partial charge in [-0.1, -0.05) is 30.3 Å². The fourth-order valence-electron chi connectivity index (χ4n) is 2.56. The highest BCUT2D eigenvalue weighted by atomic mass is 16.5. The van der Waals surface area contributed by atoms with E-state index < -0.39 is 11.9 Å². The lowest BCUT2D eigenvalue weighted by Gasteiger charge is -2.10. The quantitative estimate of drug-likeness (QED) is 0.247. The molecule has 0 spiro atoms. The van der Waals surface area contributed by atoms with Crippen molar-refractivity contribution in [2.45, 2.75) is 6.92 Å². The van der Waals surface area contributed by atoms with E-state index in [0.29, 0.717) is 29.4 Å². The highest BCUT2D eigenvalue weighted by Gasteiger charge is 2.08. The molecule has 0 saturated carbocycles. The summed E-state index contributed by atoms with van der Waals surface area (Å²) in [5.41, 5.74) is 3.60. The molecule has 3 rings (SSSR count). The van der Waals surface area contributed by atoms with Crippen LogP contribution in [0.3, 0.4) is 0 Å². The maximum atomic E-state index is 12.1. The van der Waals surface area contributed by atoms with Gasteiger partial charge in [0.05, 0.1) is 18.4 Å². The molecule has 158 valence electrons. The lowest BCUT2D eigenvalue weighted by molar-refractivity contribution is -0.123. The number of esters is 1. The number of rotatable bonds is 9. The zero-order valence-electron chi connectivity index (χ0n) is 17.0. The molecule has 7 nitrogen and oxygen atoms in total. The van der Waals surface area contributed by atoms with Crippen LogP contribution in [0.5, 0.6) is 17.2 Å². The second-order valence-corrected chi connectivity index (χ2v) is 6.29. The Morgan fingerprint density at radius 1 is 0.871 bits per heavy atom. The van der Waals surface area contributed by atoms with Crippen LogP contribution in [0.1, 0.15) is 22.8 Å². The predicted octanol–water partition coefficient (Wildman–Crippen LogP) is 3.83. The molecule has 0 heterocycles. The Labute approximate surface area is 180 Å². The zero-order valence-corrected chi connectivity index (χ0v) is 17.0. The first-order chi connectivity index (χ1) is 15.2. The van der Waals surface area contributed by atoms with Crippen molar-refractivity contribution in [3.8, 4) is 17.2 Å². The summed E-state index contributed by atoms with van der Waals surface area (Å²) in [5, 5.41) is 3.91. The van der Waals surface area contributed by atoms with Gasteiger partial charge < -0.3 is 14.2 Å². The Morgan fingerprint density at radius 2 is 1.52 bits per heavy atom. The number of hydrazone groups is 1. The van der Waals surface area contributed by atoms with E-state index in [0.717, 1.165) is 5.56 Å². The molecule has 3 aromatic rings. The summed E-state index contributed by atoms with van der Waals surface area (Å²) in [6.07, 6.45) is 1.48. The van der Waals surface area contributed by atoms with Gasteiger partial charge in [-0.2, -0.15) is 5.10 Å². The summed E-state index contributed by atoms with van der Waals surface area (Å²) in [6, 6.07) is 22.6. The molecule has 0 fully saturated rings. The fourth-order valence-corrected chi connectivity index (χ4v) is 2.56. The number of nitrogens with zero attached hydrogens (tertiary/aromatic N) is 1. The number of carbonyl (C=O) groups is 2. The number of amides is 1. The molecule has 3 aromatic carbocycles. The Bertz CT molecular complexity index is 1030. The molecule has 0 saturated heterocycles. The van der Waals surface area contributed by atoms with Gasteiger partial charge in [-0.25, -0.2) is 10.2 Å². The third-order valence-electron chi connectivity index (χ3n) is 4.01. The van der Waals surface area contributed by atoms with Gasteiger partial charge in [-0.05, 0) is 61.0 Å². The van der Waals surface area contributed by atoms with Crippen LogP contribution in [0.2, 0.25) is 0 Å². The average Bonchev–Trinajstić information content (AvgIpc) is 2.80. The van der Waals surface area contributed by atoms with E-state index in [-0.39, 0.29) is 6.61 Å². The van der Waals surface area contributed by atoms with Crippen LogP contribution in [0.25, 0.3) is 0 Å². The van der Waals surface area contributed by atoms with Gasteiger partial charge in [-0.15, -0.1) is 0 Å². The molecular formula is C24H22N2O5. The van der Waals surface area contributed by atoms with Crippen LogP contribution in [0, 0.1) is 0 Å². The number of para-hydroxylation sites is 2. The monoisotopic (exact) mass is 418 g/mol. The van der Waals surface area contributed by atoms with E-state index >= 15 is 0 Å². The minimum atomic E-state index is -0.430. The van der Waals surface area contributed by atoms with Crippen molar-refractivity contribution in [3.63, 3.8) is 0 Å². The third-order valence-corrected chi connectivity index (χ3v) is 4.01. The minimum absolute atomic E-state index is 0.199. The Hall–Kier alpha value is -4.13. The van der Waals surface area contributed by atoms with Crippen molar-refractivity contribution in [2.24, 2.45) is 5.10 Å². The van der Waals surface area contributed by atoms with E-state index in [1.165, 1.54) is 6.21 Å². The molecule has 0 atom stereocenters. The van der Waals surface area contributed by atoms with Gasteiger partial charge in [0.25, 0.3) is 5.91 Å². The molecule has 0 aliphatic heterocycles. The van der Waals surface area contributed by atoms with Gasteiger partial charge in [0.1, 0.15) is 5.75 Å². The highest BCUT2D eigenvalue weighted by molar-refractivity contribution is 5.91. The molecule has 1 N–H and O–H groups in total. The number of ether oxygens (including phenoxy) is 3. The van der Waals surface area contributed by atoms with E-state index in [1.54, 1.807) is 66.7 Å². The Kier molecular flexibility index (Phi) is 7.77. The molecule has 0 aliphatic carbocycles. The fraction of sp³-hybridized carbons (Fsp3) is 0.125. The van der Waals surface area contributed by atoms with Gasteiger partial charge in [0.15, 0.2) is 18.1 Å². The smallest absolute Gasteiger partial charge is 0.343 e. The lowest BCUT2D eigenvalue weighted by Crippen LogP contribution is -2.24. The number of carbonyl (C=O) groups excluding carboxylic acids is 2. The lowest BCUT2D eigenvalue weighted by atomic mass is 10.2. The molecule has 0 radical (unpaired) electrons. The van der Waals surface area contributed by atoms with Crippen LogP contribution >= 0.6 is 0 Å². The number of hydrogen-bond acceptors (Lipinski definition) is 6. The van der Waals surface area contributed by atoms with Crippen LogP contribution in [0.15, 0.2) is 84.0 Å². The summed E-state index contributed by atoms with van der Waals surface area (Å²) >= 11 is 0. The first-order valence-electron chi connectivity index (χ1n) is 9.69. The van der Waals surface area contributed by atoms with Gasteiger partial charge in [0.2, 0.25) is 0 Å². The van der Waals surface area contributed by atoms with Gasteiger partial charge in [-0.3, -0.25) is 4.79 Å². The highest BCUT2D eigenvalue weighted by Crippen LogP contribution is 2.26. The van der Waals surface area contributed by atoms with E-state index in [2.05, 4.69) is 10.5 Å². The zero-order chi connectivity index (χ0) is 21.9. The molecular weight excluding hydrogens is 396 g/mol. The predicted molar refractivity (Wildman–Crippen MR) is 117 cm³/mol. The van der Waals surface area contributed by atoms with Crippen LogP contribution in [-0.4, -0.2) is 31.3 Å². The molecule has 1 amide bonds. The Morgan fingerprint density at radius 3 is 2.19 bits per heavy atom. The topological polar surface area (TPSA) is 86.2 Å². The molecule has 0 bridgehead atoms. The summed E-state index contributed by atoms with van der Waals surface area (Å²) in [5.74, 6) is 0.644. The third kappa shape index (κ3) is 6.71. The summed E-state index contributed by atoms with van der Waals surface area (Å²) in [6.45, 7) is 2.18. The van der Waals surface area contributed by atoms with Crippen molar-refractivity contribution in [2.75, 3.05) is 13.2 Å². The number of hydrogen-bond donors (Lipinski definition) is 1. The second-order valence-electron chi connectivity index (χ2n) is 6.29. The van der Waals surface area contributed by atoms with Gasteiger partial charge in [0, 0.05) is 0 Å². The second kappa shape index (κ2) is 11.2.